The monoisotopic (exact) mass is 850 g/mol. The van der Waals surface area contributed by atoms with E-state index in [2.05, 4.69) is 199 Å². The average Bonchev–Trinajstić information content (AvgIpc) is 3.93. The van der Waals surface area contributed by atoms with Crippen LogP contribution < -0.4 is 5.32 Å². The molecular formula is C58H34N4S2. The van der Waals surface area contributed by atoms with E-state index in [1.165, 1.54) is 56.7 Å². The average molecular weight is 851 g/mol. The summed E-state index contributed by atoms with van der Waals surface area (Å²) in [5, 5.41) is 14.7. The van der Waals surface area contributed by atoms with Crippen molar-refractivity contribution in [3.63, 3.8) is 0 Å². The number of benzene rings is 8. The van der Waals surface area contributed by atoms with Crippen LogP contribution in [0, 0.1) is 0 Å². The van der Waals surface area contributed by atoms with E-state index >= 15 is 0 Å². The first-order valence-corrected chi connectivity index (χ1v) is 23.2. The molecule has 1 atom stereocenters. The minimum absolute atomic E-state index is 0.000448. The Morgan fingerprint density at radius 3 is 1.48 bits per heavy atom. The Hall–Kier alpha value is -7.77. The molecule has 8 aromatic carbocycles. The fourth-order valence-corrected chi connectivity index (χ4v) is 11.9. The van der Waals surface area contributed by atoms with Crippen LogP contribution in [0.15, 0.2) is 188 Å². The summed E-state index contributed by atoms with van der Waals surface area (Å²) in [6.45, 7) is 0. The zero-order chi connectivity index (χ0) is 41.9. The van der Waals surface area contributed by atoms with Crippen molar-refractivity contribution in [3.05, 3.63) is 199 Å². The minimum Gasteiger partial charge on any atom is -0.372 e. The molecule has 0 bridgehead atoms. The number of hydrogen-bond acceptors (Lipinski definition) is 6. The van der Waals surface area contributed by atoms with E-state index in [0.717, 1.165) is 77.7 Å². The molecule has 1 aliphatic rings. The van der Waals surface area contributed by atoms with Gasteiger partial charge < -0.3 is 5.32 Å². The summed E-state index contributed by atoms with van der Waals surface area (Å²) in [6.07, 6.45) is 4.49. The number of rotatable bonds is 4. The highest BCUT2D eigenvalue weighted by Crippen LogP contribution is 2.41. The Kier molecular flexibility index (Phi) is 7.75. The van der Waals surface area contributed by atoms with Crippen LogP contribution in [0.1, 0.15) is 17.2 Å². The van der Waals surface area contributed by atoms with E-state index in [-0.39, 0.29) is 6.04 Å². The third kappa shape index (κ3) is 5.70. The summed E-state index contributed by atoms with van der Waals surface area (Å²) >= 11 is 3.68. The van der Waals surface area contributed by atoms with Crippen LogP contribution >= 0.6 is 22.7 Å². The minimum atomic E-state index is 0.000448. The summed E-state index contributed by atoms with van der Waals surface area (Å²) in [5.74, 6) is 0. The number of aromatic nitrogens is 3. The summed E-state index contributed by atoms with van der Waals surface area (Å²) in [4.78, 5) is 15.9. The van der Waals surface area contributed by atoms with Crippen LogP contribution in [-0.2, 0) is 0 Å². The normalized spacial score (nSPS) is 13.8. The molecule has 4 nitrogen and oxygen atoms in total. The second-order valence-electron chi connectivity index (χ2n) is 16.8. The van der Waals surface area contributed by atoms with Crippen LogP contribution in [0.5, 0.6) is 0 Å². The smallest absolute Gasteiger partial charge is 0.0972 e. The van der Waals surface area contributed by atoms with Gasteiger partial charge in [-0.2, -0.15) is 0 Å². The molecule has 6 heteroatoms. The summed E-state index contributed by atoms with van der Waals surface area (Å²) in [5.41, 5.74) is 12.4. The molecule has 0 amide bonds. The highest BCUT2D eigenvalue weighted by molar-refractivity contribution is 7.26. The van der Waals surface area contributed by atoms with Crippen LogP contribution in [0.3, 0.4) is 0 Å². The second-order valence-corrected chi connectivity index (χ2v) is 19.0. The molecule has 0 saturated carbocycles. The summed E-state index contributed by atoms with van der Waals surface area (Å²) in [6, 6.07) is 65.8. The van der Waals surface area contributed by atoms with Crippen molar-refractivity contribution in [3.8, 4) is 33.8 Å². The van der Waals surface area contributed by atoms with Gasteiger partial charge in [-0.3, -0.25) is 0 Å². The molecule has 0 radical (unpaired) electrons. The van der Waals surface area contributed by atoms with Crippen molar-refractivity contribution in [2.75, 3.05) is 5.32 Å². The Balaban J connectivity index is 0.779. The zero-order valence-corrected chi connectivity index (χ0v) is 35.8. The van der Waals surface area contributed by atoms with Gasteiger partial charge in [0.2, 0.25) is 0 Å². The molecule has 14 rings (SSSR count). The second kappa shape index (κ2) is 13.9. The third-order valence-electron chi connectivity index (χ3n) is 13.0. The van der Waals surface area contributed by atoms with E-state index in [1.54, 1.807) is 0 Å². The topological polar surface area (TPSA) is 50.7 Å². The van der Waals surface area contributed by atoms with Gasteiger partial charge in [0.25, 0.3) is 0 Å². The summed E-state index contributed by atoms with van der Waals surface area (Å²) in [7, 11) is 0. The van der Waals surface area contributed by atoms with Gasteiger partial charge in [-0.15, -0.1) is 22.7 Å². The molecule has 0 fully saturated rings. The van der Waals surface area contributed by atoms with Crippen LogP contribution in [0.4, 0.5) is 5.69 Å². The standard InChI is InChI=1S/C58H34N4S2/c1-3-7-51-43(5-1)45-31-41(21-27-53(45)63-51)49-25-19-35-11-9-33-17-23-47(59-55(33)57(35)61-49)39-15-13-38-30-40(16-14-37(38)29-39)48-24-18-34-10-12-36-20-26-50(62-58(36)56(34)60-48)42-22-28-54-46(32-42)44-6-2-4-8-52(44)64-54/h1-32,47,59H. The first kappa shape index (κ1) is 35.8. The number of nitrogens with zero attached hydrogens (tertiary/aromatic N) is 3. The van der Waals surface area contributed by atoms with Gasteiger partial charge in [0.05, 0.1) is 45.4 Å². The van der Waals surface area contributed by atoms with Crippen LogP contribution in [0.2, 0.25) is 0 Å². The molecular weight excluding hydrogens is 817 g/mol. The SMILES string of the molecule is C1=CC(c2ccc3cc(-c4ccc5ccc6ccc(-c7ccc8sc9ccccc9c8c7)nc6c5n4)ccc3c2)Nc2c1ccc1ccc(-c3ccc4sc5ccccc5c4c3)nc21. The molecule has 0 saturated heterocycles. The molecule has 1 N–H and O–H groups in total. The maximum Gasteiger partial charge on any atom is 0.0972 e. The molecule has 6 heterocycles. The molecule has 1 aliphatic heterocycles. The van der Waals surface area contributed by atoms with Gasteiger partial charge in [0, 0.05) is 73.2 Å². The van der Waals surface area contributed by atoms with E-state index < -0.39 is 0 Å². The number of pyridine rings is 3. The maximum atomic E-state index is 5.31. The van der Waals surface area contributed by atoms with Gasteiger partial charge in [-0.05, 0) is 88.6 Å². The Morgan fingerprint density at radius 2 is 0.844 bits per heavy atom. The van der Waals surface area contributed by atoms with Gasteiger partial charge in [-0.1, -0.05) is 127 Å². The summed E-state index contributed by atoms with van der Waals surface area (Å²) < 4.78 is 5.21. The van der Waals surface area contributed by atoms with E-state index in [1.807, 2.05) is 22.7 Å². The molecule has 0 aliphatic carbocycles. The lowest BCUT2D eigenvalue weighted by Gasteiger charge is -2.24. The largest absolute Gasteiger partial charge is 0.372 e. The van der Waals surface area contributed by atoms with Gasteiger partial charge in [-0.25, -0.2) is 15.0 Å². The molecule has 64 heavy (non-hydrogen) atoms. The number of fused-ring (bicyclic) bond motifs is 13. The van der Waals surface area contributed by atoms with Crippen LogP contribution in [-0.4, -0.2) is 15.0 Å². The van der Waals surface area contributed by atoms with Crippen molar-refractivity contribution in [1.29, 1.82) is 0 Å². The quantitative estimate of drug-likeness (QED) is 0.179. The highest BCUT2D eigenvalue weighted by Gasteiger charge is 2.20. The van der Waals surface area contributed by atoms with Gasteiger partial charge in [0.15, 0.2) is 0 Å². The highest BCUT2D eigenvalue weighted by atomic mass is 32.1. The van der Waals surface area contributed by atoms with E-state index in [0.29, 0.717) is 0 Å². The van der Waals surface area contributed by atoms with Crippen LogP contribution in [0.25, 0.3) is 124 Å². The van der Waals surface area contributed by atoms with Crippen molar-refractivity contribution in [2.24, 2.45) is 0 Å². The lowest BCUT2D eigenvalue weighted by Crippen LogP contribution is -2.13. The number of thiophene rings is 2. The van der Waals surface area contributed by atoms with Gasteiger partial charge >= 0.3 is 0 Å². The Morgan fingerprint density at radius 1 is 0.375 bits per heavy atom. The molecule has 0 spiro atoms. The van der Waals surface area contributed by atoms with E-state index in [9.17, 15) is 0 Å². The first-order chi connectivity index (χ1) is 31.6. The number of anilines is 1. The number of hydrogen-bond donors (Lipinski definition) is 1. The molecule has 13 aromatic rings. The maximum absolute atomic E-state index is 5.31. The lowest BCUT2D eigenvalue weighted by molar-refractivity contribution is 0.984. The molecule has 298 valence electrons. The lowest BCUT2D eigenvalue weighted by atomic mass is 9.95. The third-order valence-corrected chi connectivity index (χ3v) is 15.3. The predicted molar refractivity (Wildman–Crippen MR) is 274 cm³/mol. The fourth-order valence-electron chi connectivity index (χ4n) is 9.73. The zero-order valence-electron chi connectivity index (χ0n) is 34.2. The van der Waals surface area contributed by atoms with Crippen molar-refractivity contribution in [1.82, 2.24) is 15.0 Å². The Bertz CT molecular complexity index is 4140. The van der Waals surface area contributed by atoms with E-state index in [4.69, 9.17) is 15.0 Å². The van der Waals surface area contributed by atoms with Crippen molar-refractivity contribution < 1.29 is 0 Å². The Labute approximate surface area is 375 Å². The number of nitrogens with one attached hydrogen (secondary N) is 1. The first-order valence-electron chi connectivity index (χ1n) is 21.6. The van der Waals surface area contributed by atoms with Gasteiger partial charge in [0.1, 0.15) is 0 Å². The predicted octanol–water partition coefficient (Wildman–Crippen LogP) is 16.4. The van der Waals surface area contributed by atoms with Crippen molar-refractivity contribution >= 4 is 118 Å². The molecule has 1 unspecified atom stereocenters. The fraction of sp³-hybridized carbons (Fsp3) is 0.0172. The molecule has 5 aromatic heterocycles. The van der Waals surface area contributed by atoms with Crippen molar-refractivity contribution in [2.45, 2.75) is 6.04 Å².